The molecular formula is C14H21FN2O2S. The summed E-state index contributed by atoms with van der Waals surface area (Å²) >= 11 is 0. The van der Waals surface area contributed by atoms with Crippen molar-refractivity contribution >= 4 is 10.0 Å². The summed E-state index contributed by atoms with van der Waals surface area (Å²) in [4.78, 5) is 2.14. The summed E-state index contributed by atoms with van der Waals surface area (Å²) in [6.07, 6.45) is 1.71. The number of benzene rings is 1. The molecule has 112 valence electrons. The molecule has 0 bridgehead atoms. The Morgan fingerprint density at radius 2 is 1.75 bits per heavy atom. The highest BCUT2D eigenvalue weighted by atomic mass is 32.2. The molecule has 0 amide bonds. The van der Waals surface area contributed by atoms with Crippen molar-refractivity contribution in [3.05, 3.63) is 35.6 Å². The van der Waals surface area contributed by atoms with Gasteiger partial charge in [-0.1, -0.05) is 12.1 Å². The SMILES string of the molecule is CN(C)C1CCN(S(=O)(=O)Cc2ccc(F)cc2)CC1. The Morgan fingerprint density at radius 1 is 1.20 bits per heavy atom. The van der Waals surface area contributed by atoms with Crippen molar-refractivity contribution in [1.82, 2.24) is 9.21 Å². The van der Waals surface area contributed by atoms with Gasteiger partial charge in [0.05, 0.1) is 5.75 Å². The van der Waals surface area contributed by atoms with Crippen LogP contribution < -0.4 is 0 Å². The number of nitrogens with zero attached hydrogens (tertiary/aromatic N) is 2. The van der Waals surface area contributed by atoms with Crippen LogP contribution in [0.2, 0.25) is 0 Å². The molecule has 1 aliphatic rings. The van der Waals surface area contributed by atoms with Gasteiger partial charge in [0.2, 0.25) is 10.0 Å². The summed E-state index contributed by atoms with van der Waals surface area (Å²) in [6, 6.07) is 6.10. The predicted molar refractivity (Wildman–Crippen MR) is 77.3 cm³/mol. The van der Waals surface area contributed by atoms with E-state index in [1.54, 1.807) is 4.31 Å². The van der Waals surface area contributed by atoms with E-state index in [-0.39, 0.29) is 11.6 Å². The van der Waals surface area contributed by atoms with Gasteiger partial charge in [0.1, 0.15) is 5.82 Å². The first kappa shape index (κ1) is 15.4. The zero-order valence-electron chi connectivity index (χ0n) is 11.9. The van der Waals surface area contributed by atoms with Crippen molar-refractivity contribution in [2.75, 3.05) is 27.2 Å². The molecule has 4 nitrogen and oxygen atoms in total. The monoisotopic (exact) mass is 300 g/mol. The first-order valence-electron chi connectivity index (χ1n) is 6.77. The Morgan fingerprint density at radius 3 is 2.25 bits per heavy atom. The Labute approximate surface area is 120 Å². The Kier molecular flexibility index (Phi) is 4.78. The second kappa shape index (κ2) is 6.20. The third-order valence-corrected chi connectivity index (χ3v) is 5.66. The van der Waals surface area contributed by atoms with Crippen LogP contribution in [0.1, 0.15) is 18.4 Å². The first-order chi connectivity index (χ1) is 9.38. The van der Waals surface area contributed by atoms with Gasteiger partial charge in [-0.25, -0.2) is 17.1 Å². The summed E-state index contributed by atoms with van der Waals surface area (Å²) < 4.78 is 39.1. The van der Waals surface area contributed by atoms with E-state index in [0.29, 0.717) is 24.7 Å². The first-order valence-corrected chi connectivity index (χ1v) is 8.38. The molecule has 1 heterocycles. The minimum Gasteiger partial charge on any atom is -0.306 e. The number of sulfonamides is 1. The Bertz CT molecular complexity index is 535. The van der Waals surface area contributed by atoms with Gasteiger partial charge in [-0.2, -0.15) is 0 Å². The van der Waals surface area contributed by atoms with Crippen LogP contribution in [0.3, 0.4) is 0 Å². The van der Waals surface area contributed by atoms with Gasteiger partial charge in [-0.05, 0) is 44.6 Å². The molecule has 0 saturated carbocycles. The molecule has 0 N–H and O–H groups in total. The van der Waals surface area contributed by atoms with Crippen LogP contribution in [0.15, 0.2) is 24.3 Å². The van der Waals surface area contributed by atoms with E-state index in [4.69, 9.17) is 0 Å². The number of hydrogen-bond acceptors (Lipinski definition) is 3. The van der Waals surface area contributed by atoms with Crippen LogP contribution in [-0.4, -0.2) is 50.8 Å². The molecule has 0 atom stereocenters. The number of hydrogen-bond donors (Lipinski definition) is 0. The molecule has 2 rings (SSSR count). The third-order valence-electron chi connectivity index (χ3n) is 3.81. The molecule has 0 unspecified atom stereocenters. The van der Waals surface area contributed by atoms with Gasteiger partial charge >= 0.3 is 0 Å². The van der Waals surface area contributed by atoms with Crippen LogP contribution in [0, 0.1) is 5.82 Å². The zero-order chi connectivity index (χ0) is 14.8. The maximum atomic E-state index is 12.8. The maximum Gasteiger partial charge on any atom is 0.218 e. The smallest absolute Gasteiger partial charge is 0.218 e. The fourth-order valence-corrected chi connectivity index (χ4v) is 4.08. The lowest BCUT2D eigenvalue weighted by atomic mass is 10.1. The lowest BCUT2D eigenvalue weighted by molar-refractivity contribution is 0.196. The number of rotatable bonds is 4. The topological polar surface area (TPSA) is 40.6 Å². The fraction of sp³-hybridized carbons (Fsp3) is 0.571. The molecule has 20 heavy (non-hydrogen) atoms. The molecule has 0 aromatic heterocycles. The van der Waals surface area contributed by atoms with Crippen LogP contribution in [0.5, 0.6) is 0 Å². The molecule has 6 heteroatoms. The fourth-order valence-electron chi connectivity index (χ4n) is 2.52. The second-order valence-electron chi connectivity index (χ2n) is 5.48. The van der Waals surface area contributed by atoms with Gasteiger partial charge in [0.25, 0.3) is 0 Å². The van der Waals surface area contributed by atoms with E-state index in [1.165, 1.54) is 24.3 Å². The lowest BCUT2D eigenvalue weighted by Crippen LogP contribution is -2.44. The van der Waals surface area contributed by atoms with Gasteiger partial charge < -0.3 is 4.90 Å². The number of piperidine rings is 1. The number of halogens is 1. The largest absolute Gasteiger partial charge is 0.306 e. The molecule has 0 spiro atoms. The van der Waals surface area contributed by atoms with Crippen molar-refractivity contribution in [2.45, 2.75) is 24.6 Å². The van der Waals surface area contributed by atoms with Crippen LogP contribution in [0.25, 0.3) is 0 Å². The van der Waals surface area contributed by atoms with E-state index < -0.39 is 10.0 Å². The highest BCUT2D eigenvalue weighted by Gasteiger charge is 2.28. The Hall–Kier alpha value is -0.980. The molecule has 1 saturated heterocycles. The van der Waals surface area contributed by atoms with Crippen LogP contribution in [-0.2, 0) is 15.8 Å². The van der Waals surface area contributed by atoms with Crippen LogP contribution >= 0.6 is 0 Å². The maximum absolute atomic E-state index is 12.8. The molecule has 1 aliphatic heterocycles. The Balaban J connectivity index is 1.99. The highest BCUT2D eigenvalue weighted by molar-refractivity contribution is 7.88. The average Bonchev–Trinajstić information content (AvgIpc) is 2.41. The molecule has 1 aromatic carbocycles. The van der Waals surface area contributed by atoms with E-state index in [1.807, 2.05) is 14.1 Å². The van der Waals surface area contributed by atoms with Crippen molar-refractivity contribution in [2.24, 2.45) is 0 Å². The van der Waals surface area contributed by atoms with Gasteiger partial charge in [-0.3, -0.25) is 0 Å². The highest BCUT2D eigenvalue weighted by Crippen LogP contribution is 2.19. The van der Waals surface area contributed by atoms with Crippen molar-refractivity contribution in [3.8, 4) is 0 Å². The van der Waals surface area contributed by atoms with E-state index in [0.717, 1.165) is 12.8 Å². The van der Waals surface area contributed by atoms with E-state index in [2.05, 4.69) is 4.90 Å². The summed E-state index contributed by atoms with van der Waals surface area (Å²) in [7, 11) is 0.736. The van der Waals surface area contributed by atoms with Gasteiger partial charge in [0.15, 0.2) is 0 Å². The van der Waals surface area contributed by atoms with Crippen molar-refractivity contribution in [1.29, 1.82) is 0 Å². The molecule has 0 aliphatic carbocycles. The van der Waals surface area contributed by atoms with Crippen molar-refractivity contribution in [3.63, 3.8) is 0 Å². The molecule has 1 aromatic rings. The quantitative estimate of drug-likeness (QED) is 0.849. The normalized spacial score (nSPS) is 18.6. The summed E-state index contributed by atoms with van der Waals surface area (Å²) in [5.74, 6) is -0.405. The van der Waals surface area contributed by atoms with Crippen LogP contribution in [0.4, 0.5) is 4.39 Å². The standard InChI is InChI=1S/C14H21FN2O2S/c1-16(2)14-7-9-17(10-8-14)20(18,19)11-12-3-5-13(15)6-4-12/h3-6,14H,7-11H2,1-2H3. The van der Waals surface area contributed by atoms with Gasteiger partial charge in [-0.15, -0.1) is 0 Å². The minimum atomic E-state index is -3.31. The minimum absolute atomic E-state index is 0.0556. The van der Waals surface area contributed by atoms with Crippen molar-refractivity contribution < 1.29 is 12.8 Å². The second-order valence-corrected chi connectivity index (χ2v) is 7.45. The lowest BCUT2D eigenvalue weighted by Gasteiger charge is -2.34. The van der Waals surface area contributed by atoms with E-state index in [9.17, 15) is 12.8 Å². The molecule has 0 radical (unpaired) electrons. The van der Waals surface area contributed by atoms with E-state index >= 15 is 0 Å². The molecule has 1 fully saturated rings. The average molecular weight is 300 g/mol. The summed E-state index contributed by atoms with van der Waals surface area (Å²) in [6.45, 7) is 1.12. The zero-order valence-corrected chi connectivity index (χ0v) is 12.7. The third kappa shape index (κ3) is 3.77. The molecular weight excluding hydrogens is 279 g/mol. The predicted octanol–water partition coefficient (Wildman–Crippen LogP) is 1.68. The van der Waals surface area contributed by atoms with Gasteiger partial charge in [0, 0.05) is 19.1 Å². The summed E-state index contributed by atoms with van der Waals surface area (Å²) in [5.41, 5.74) is 0.626. The summed E-state index contributed by atoms with van der Waals surface area (Å²) in [5, 5.41) is 0.